The average Bonchev–Trinajstić information content (AvgIpc) is 2.79. The summed E-state index contributed by atoms with van der Waals surface area (Å²) in [5, 5.41) is 2.81. The van der Waals surface area contributed by atoms with E-state index in [1.165, 1.54) is 0 Å². The number of furan rings is 1. The van der Waals surface area contributed by atoms with Gasteiger partial charge in [-0.2, -0.15) is 0 Å². The van der Waals surface area contributed by atoms with E-state index in [-0.39, 0.29) is 11.8 Å². The van der Waals surface area contributed by atoms with Crippen LogP contribution >= 0.6 is 0 Å². The second kappa shape index (κ2) is 6.33. The Labute approximate surface area is 96.2 Å². The first kappa shape index (κ1) is 12.8. The van der Waals surface area contributed by atoms with Crippen LogP contribution in [-0.4, -0.2) is 18.5 Å². The molecule has 0 radical (unpaired) electrons. The fourth-order valence-corrected chi connectivity index (χ4v) is 1.39. The first-order valence-electron chi connectivity index (χ1n) is 5.70. The molecule has 0 aromatic carbocycles. The number of nitrogens with one attached hydrogen (secondary N) is 1. The van der Waals surface area contributed by atoms with E-state index in [2.05, 4.69) is 5.32 Å². The van der Waals surface area contributed by atoms with Gasteiger partial charge in [-0.05, 0) is 18.1 Å². The topological polar surface area (TPSA) is 68.3 Å². The minimum atomic E-state index is -0.415. The highest BCUT2D eigenvalue weighted by atomic mass is 16.3. The van der Waals surface area contributed by atoms with Crippen molar-refractivity contribution >= 4 is 5.91 Å². The van der Waals surface area contributed by atoms with Crippen molar-refractivity contribution in [2.75, 3.05) is 6.54 Å². The van der Waals surface area contributed by atoms with Gasteiger partial charge in [-0.15, -0.1) is 0 Å². The van der Waals surface area contributed by atoms with E-state index in [4.69, 9.17) is 10.2 Å². The number of rotatable bonds is 6. The van der Waals surface area contributed by atoms with E-state index in [1.54, 1.807) is 6.26 Å². The minimum Gasteiger partial charge on any atom is -0.469 e. The van der Waals surface area contributed by atoms with Crippen molar-refractivity contribution in [3.8, 4) is 0 Å². The van der Waals surface area contributed by atoms with Gasteiger partial charge in [0, 0.05) is 13.0 Å². The number of amides is 1. The van der Waals surface area contributed by atoms with E-state index in [9.17, 15) is 4.79 Å². The third-order valence-electron chi connectivity index (χ3n) is 2.81. The van der Waals surface area contributed by atoms with Crippen LogP contribution in [0.25, 0.3) is 0 Å². The smallest absolute Gasteiger partial charge is 0.237 e. The molecule has 0 spiro atoms. The van der Waals surface area contributed by atoms with Gasteiger partial charge < -0.3 is 15.5 Å². The minimum absolute atomic E-state index is 0.0825. The highest BCUT2D eigenvalue weighted by Gasteiger charge is 2.18. The van der Waals surface area contributed by atoms with Crippen LogP contribution in [0, 0.1) is 5.92 Å². The van der Waals surface area contributed by atoms with E-state index in [0.717, 1.165) is 12.2 Å². The summed E-state index contributed by atoms with van der Waals surface area (Å²) in [5.74, 6) is 1.00. The molecular formula is C12H20N2O2. The van der Waals surface area contributed by atoms with Crippen LogP contribution in [0.3, 0.4) is 0 Å². The molecule has 0 saturated heterocycles. The van der Waals surface area contributed by atoms with Gasteiger partial charge in [-0.25, -0.2) is 0 Å². The van der Waals surface area contributed by atoms with Crippen LogP contribution in [0.4, 0.5) is 0 Å². The van der Waals surface area contributed by atoms with Crippen LogP contribution in [-0.2, 0) is 11.2 Å². The van der Waals surface area contributed by atoms with Gasteiger partial charge in [0.05, 0.1) is 12.3 Å². The molecule has 1 heterocycles. The van der Waals surface area contributed by atoms with Crippen molar-refractivity contribution in [3.05, 3.63) is 24.2 Å². The zero-order chi connectivity index (χ0) is 12.0. The average molecular weight is 224 g/mol. The second-order valence-corrected chi connectivity index (χ2v) is 4.03. The van der Waals surface area contributed by atoms with E-state index < -0.39 is 6.04 Å². The van der Waals surface area contributed by atoms with Crippen molar-refractivity contribution in [2.45, 2.75) is 32.7 Å². The number of carbonyl (C=O) groups is 1. The van der Waals surface area contributed by atoms with Gasteiger partial charge in [0.25, 0.3) is 0 Å². The lowest BCUT2D eigenvalue weighted by atomic mass is 9.99. The first-order chi connectivity index (χ1) is 7.65. The number of hydrogen-bond donors (Lipinski definition) is 2. The molecule has 16 heavy (non-hydrogen) atoms. The third-order valence-corrected chi connectivity index (χ3v) is 2.81. The van der Waals surface area contributed by atoms with Gasteiger partial charge in [-0.1, -0.05) is 20.3 Å². The predicted octanol–water partition coefficient (Wildman–Crippen LogP) is 1.31. The predicted molar refractivity (Wildman–Crippen MR) is 62.9 cm³/mol. The van der Waals surface area contributed by atoms with E-state index >= 15 is 0 Å². The fraction of sp³-hybridized carbons (Fsp3) is 0.583. The molecule has 4 heteroatoms. The third kappa shape index (κ3) is 3.70. The lowest BCUT2D eigenvalue weighted by molar-refractivity contribution is -0.123. The molecule has 0 fully saturated rings. The van der Waals surface area contributed by atoms with Gasteiger partial charge in [0.2, 0.25) is 5.91 Å². The van der Waals surface area contributed by atoms with Crippen LogP contribution in [0.15, 0.2) is 22.8 Å². The molecule has 1 rings (SSSR count). The summed E-state index contributed by atoms with van der Waals surface area (Å²) in [5.41, 5.74) is 5.80. The van der Waals surface area contributed by atoms with Gasteiger partial charge in [0.1, 0.15) is 5.76 Å². The largest absolute Gasteiger partial charge is 0.469 e. The zero-order valence-electron chi connectivity index (χ0n) is 9.90. The van der Waals surface area contributed by atoms with E-state index in [0.29, 0.717) is 13.0 Å². The molecule has 0 aliphatic carbocycles. The Balaban J connectivity index is 2.24. The monoisotopic (exact) mass is 224 g/mol. The Hall–Kier alpha value is -1.29. The first-order valence-corrected chi connectivity index (χ1v) is 5.70. The maximum atomic E-state index is 11.6. The molecular weight excluding hydrogens is 204 g/mol. The Bertz CT molecular complexity index is 309. The summed E-state index contributed by atoms with van der Waals surface area (Å²) < 4.78 is 5.16. The Kier molecular flexibility index (Phi) is 5.05. The van der Waals surface area contributed by atoms with Crippen LogP contribution in [0.5, 0.6) is 0 Å². The number of carbonyl (C=O) groups excluding carboxylic acids is 1. The molecule has 3 N–H and O–H groups in total. The van der Waals surface area contributed by atoms with Gasteiger partial charge >= 0.3 is 0 Å². The van der Waals surface area contributed by atoms with Crippen molar-refractivity contribution in [1.29, 1.82) is 0 Å². The molecule has 1 unspecified atom stereocenters. The maximum absolute atomic E-state index is 11.6. The Morgan fingerprint density at radius 1 is 1.62 bits per heavy atom. The lowest BCUT2D eigenvalue weighted by Gasteiger charge is -2.17. The number of hydrogen-bond acceptors (Lipinski definition) is 3. The highest BCUT2D eigenvalue weighted by Crippen LogP contribution is 2.05. The molecule has 0 aliphatic heterocycles. The van der Waals surface area contributed by atoms with Crippen molar-refractivity contribution < 1.29 is 9.21 Å². The SMILES string of the molecule is CCC(C)[C@H](N)C(=O)NCCc1ccco1. The van der Waals surface area contributed by atoms with E-state index in [1.807, 2.05) is 26.0 Å². The summed E-state index contributed by atoms with van der Waals surface area (Å²) >= 11 is 0. The standard InChI is InChI=1S/C12H20N2O2/c1-3-9(2)11(13)12(15)14-7-6-10-5-4-8-16-10/h4-5,8-9,11H,3,6-7,13H2,1-2H3,(H,14,15)/t9?,11-/m0/s1. The summed E-state index contributed by atoms with van der Waals surface area (Å²) in [7, 11) is 0. The normalized spacial score (nSPS) is 14.4. The van der Waals surface area contributed by atoms with Crippen LogP contribution < -0.4 is 11.1 Å². The molecule has 0 aliphatic rings. The zero-order valence-corrected chi connectivity index (χ0v) is 9.90. The molecule has 1 aromatic rings. The molecule has 2 atom stereocenters. The molecule has 90 valence electrons. The summed E-state index contributed by atoms with van der Waals surface area (Å²) in [6, 6.07) is 3.31. The number of nitrogens with two attached hydrogens (primary N) is 1. The van der Waals surface area contributed by atoms with Crippen LogP contribution in [0.2, 0.25) is 0 Å². The van der Waals surface area contributed by atoms with Gasteiger partial charge in [0.15, 0.2) is 0 Å². The highest BCUT2D eigenvalue weighted by molar-refractivity contribution is 5.81. The maximum Gasteiger partial charge on any atom is 0.237 e. The Morgan fingerprint density at radius 2 is 2.38 bits per heavy atom. The summed E-state index contributed by atoms with van der Waals surface area (Å²) in [4.78, 5) is 11.6. The Morgan fingerprint density at radius 3 is 2.94 bits per heavy atom. The molecule has 1 aromatic heterocycles. The van der Waals surface area contributed by atoms with Crippen molar-refractivity contribution in [1.82, 2.24) is 5.32 Å². The summed E-state index contributed by atoms with van der Waals surface area (Å²) in [6.45, 7) is 4.58. The second-order valence-electron chi connectivity index (χ2n) is 4.03. The quantitative estimate of drug-likeness (QED) is 0.765. The van der Waals surface area contributed by atoms with Gasteiger partial charge in [-0.3, -0.25) is 4.79 Å². The lowest BCUT2D eigenvalue weighted by Crippen LogP contribution is -2.45. The fourth-order valence-electron chi connectivity index (χ4n) is 1.39. The molecule has 0 bridgehead atoms. The molecule has 1 amide bonds. The summed E-state index contributed by atoms with van der Waals surface area (Å²) in [6.07, 6.45) is 3.24. The van der Waals surface area contributed by atoms with Crippen molar-refractivity contribution in [2.24, 2.45) is 11.7 Å². The molecule has 4 nitrogen and oxygen atoms in total. The molecule has 0 saturated carbocycles. The van der Waals surface area contributed by atoms with Crippen molar-refractivity contribution in [3.63, 3.8) is 0 Å². The van der Waals surface area contributed by atoms with Crippen LogP contribution in [0.1, 0.15) is 26.0 Å².